The molecule has 24 heavy (non-hydrogen) atoms. The Bertz CT molecular complexity index is 830. The molecule has 3 rings (SSSR count). The first-order chi connectivity index (χ1) is 11.5. The largest absolute Gasteiger partial charge is 0.472 e. The average molecular weight is 354 g/mol. The number of morpholine rings is 1. The van der Waals surface area contributed by atoms with E-state index in [1.165, 1.54) is 24.7 Å². The highest BCUT2D eigenvalue weighted by atomic mass is 32.2. The van der Waals surface area contributed by atoms with Crippen molar-refractivity contribution in [2.75, 3.05) is 31.6 Å². The van der Waals surface area contributed by atoms with Gasteiger partial charge < -0.3 is 14.5 Å². The van der Waals surface area contributed by atoms with Gasteiger partial charge in [-0.3, -0.25) is 4.79 Å². The van der Waals surface area contributed by atoms with Gasteiger partial charge in [0, 0.05) is 18.8 Å². The van der Waals surface area contributed by atoms with Crippen molar-refractivity contribution in [1.82, 2.24) is 4.31 Å². The number of nitrogens with zero attached hydrogens (tertiary/aromatic N) is 1. The minimum Gasteiger partial charge on any atom is -0.472 e. The zero-order valence-electron chi connectivity index (χ0n) is 12.6. The molecule has 128 valence electrons. The van der Waals surface area contributed by atoms with Crippen LogP contribution in [0.4, 0.5) is 10.1 Å². The van der Waals surface area contributed by atoms with Gasteiger partial charge in [0.15, 0.2) is 0 Å². The summed E-state index contributed by atoms with van der Waals surface area (Å²) in [5.74, 6) is -1.35. The van der Waals surface area contributed by atoms with E-state index in [9.17, 15) is 17.6 Å². The second kappa shape index (κ2) is 6.71. The molecule has 0 radical (unpaired) electrons. The van der Waals surface area contributed by atoms with Gasteiger partial charge in [0.05, 0.1) is 25.0 Å². The van der Waals surface area contributed by atoms with Crippen LogP contribution in [0.25, 0.3) is 0 Å². The molecule has 2 aromatic rings. The minimum atomic E-state index is -4.00. The maximum absolute atomic E-state index is 14.1. The molecule has 9 heteroatoms. The number of nitrogens with one attached hydrogen (secondary N) is 1. The number of carbonyl (C=O) groups excluding carboxylic acids is 1. The van der Waals surface area contributed by atoms with E-state index in [0.29, 0.717) is 0 Å². The maximum Gasteiger partial charge on any atom is 0.258 e. The van der Waals surface area contributed by atoms with Gasteiger partial charge in [-0.1, -0.05) is 0 Å². The molecular weight excluding hydrogens is 339 g/mol. The molecule has 0 saturated carbocycles. The SMILES string of the molecule is O=C(Nc1ccc(F)c(S(=O)(=O)N2CCOCC2)c1)c1ccoc1. The van der Waals surface area contributed by atoms with Crippen molar-refractivity contribution in [1.29, 1.82) is 0 Å². The number of hydrogen-bond donors (Lipinski definition) is 1. The fraction of sp³-hybridized carbons (Fsp3) is 0.267. The molecule has 0 aliphatic carbocycles. The number of furan rings is 1. The number of halogens is 1. The van der Waals surface area contributed by atoms with Gasteiger partial charge in [-0.05, 0) is 24.3 Å². The fourth-order valence-electron chi connectivity index (χ4n) is 2.30. The molecule has 1 N–H and O–H groups in total. The molecule has 2 heterocycles. The summed E-state index contributed by atoms with van der Waals surface area (Å²) >= 11 is 0. The third kappa shape index (κ3) is 3.32. The number of sulfonamides is 1. The Morgan fingerprint density at radius 1 is 1.21 bits per heavy atom. The zero-order valence-corrected chi connectivity index (χ0v) is 13.4. The molecular formula is C15H15FN2O5S. The molecule has 1 saturated heterocycles. The molecule has 1 amide bonds. The van der Waals surface area contributed by atoms with Crippen LogP contribution in [0.15, 0.2) is 46.1 Å². The van der Waals surface area contributed by atoms with Crippen LogP contribution in [0.3, 0.4) is 0 Å². The molecule has 0 bridgehead atoms. The number of ether oxygens (including phenoxy) is 1. The Morgan fingerprint density at radius 3 is 2.62 bits per heavy atom. The van der Waals surface area contributed by atoms with Gasteiger partial charge in [-0.25, -0.2) is 12.8 Å². The molecule has 0 unspecified atom stereocenters. The lowest BCUT2D eigenvalue weighted by molar-refractivity contribution is 0.0729. The lowest BCUT2D eigenvalue weighted by Gasteiger charge is -2.26. The lowest BCUT2D eigenvalue weighted by Crippen LogP contribution is -2.40. The Labute approximate surface area is 138 Å². The predicted octanol–water partition coefficient (Wildman–Crippen LogP) is 1.69. The van der Waals surface area contributed by atoms with Crippen molar-refractivity contribution in [3.63, 3.8) is 0 Å². The van der Waals surface area contributed by atoms with Crippen LogP contribution in [0.5, 0.6) is 0 Å². The van der Waals surface area contributed by atoms with Crippen molar-refractivity contribution in [3.05, 3.63) is 48.2 Å². The van der Waals surface area contributed by atoms with Crippen molar-refractivity contribution in [2.45, 2.75) is 4.90 Å². The molecule has 0 spiro atoms. The van der Waals surface area contributed by atoms with E-state index in [1.807, 2.05) is 0 Å². The molecule has 1 aliphatic heterocycles. The number of amides is 1. The minimum absolute atomic E-state index is 0.160. The predicted molar refractivity (Wildman–Crippen MR) is 82.6 cm³/mol. The summed E-state index contributed by atoms with van der Waals surface area (Å²) in [5.41, 5.74) is 0.450. The topological polar surface area (TPSA) is 88.9 Å². The van der Waals surface area contributed by atoms with E-state index in [2.05, 4.69) is 5.32 Å². The van der Waals surface area contributed by atoms with Crippen LogP contribution in [0.2, 0.25) is 0 Å². The quantitative estimate of drug-likeness (QED) is 0.903. The van der Waals surface area contributed by atoms with Crippen molar-refractivity contribution >= 4 is 21.6 Å². The molecule has 0 atom stereocenters. The standard InChI is InChI=1S/C15H15FN2O5S/c16-13-2-1-12(17-15(19)11-3-6-23-10-11)9-14(13)24(20,21)18-4-7-22-8-5-18/h1-3,6,9-10H,4-5,7-8H2,(H,17,19). The van der Waals surface area contributed by atoms with Crippen LogP contribution in [-0.2, 0) is 14.8 Å². The number of hydrogen-bond acceptors (Lipinski definition) is 5. The Hall–Kier alpha value is -2.23. The fourth-order valence-corrected chi connectivity index (χ4v) is 3.80. The van der Waals surface area contributed by atoms with E-state index in [-0.39, 0.29) is 37.6 Å². The van der Waals surface area contributed by atoms with Crippen LogP contribution < -0.4 is 5.32 Å². The molecule has 7 nitrogen and oxygen atoms in total. The highest BCUT2D eigenvalue weighted by Gasteiger charge is 2.29. The summed E-state index contributed by atoms with van der Waals surface area (Å²) in [4.78, 5) is 11.5. The van der Waals surface area contributed by atoms with Crippen LogP contribution >= 0.6 is 0 Å². The van der Waals surface area contributed by atoms with E-state index in [4.69, 9.17) is 9.15 Å². The molecule has 1 aliphatic rings. The zero-order chi connectivity index (χ0) is 17.2. The molecule has 1 aromatic carbocycles. The third-order valence-electron chi connectivity index (χ3n) is 3.56. The number of anilines is 1. The summed E-state index contributed by atoms with van der Waals surface area (Å²) in [5, 5.41) is 2.51. The lowest BCUT2D eigenvalue weighted by atomic mass is 10.2. The third-order valence-corrected chi connectivity index (χ3v) is 5.47. The Balaban J connectivity index is 1.87. The van der Waals surface area contributed by atoms with Crippen LogP contribution in [0, 0.1) is 5.82 Å². The number of rotatable bonds is 4. The normalized spacial score (nSPS) is 16.0. The van der Waals surface area contributed by atoms with Crippen LogP contribution in [-0.4, -0.2) is 44.9 Å². The van der Waals surface area contributed by atoms with Gasteiger partial charge >= 0.3 is 0 Å². The van der Waals surface area contributed by atoms with Gasteiger partial charge in [-0.15, -0.1) is 0 Å². The van der Waals surface area contributed by atoms with E-state index in [0.717, 1.165) is 16.4 Å². The summed E-state index contributed by atoms with van der Waals surface area (Å²) in [6, 6.07) is 4.88. The summed E-state index contributed by atoms with van der Waals surface area (Å²) in [7, 11) is -4.00. The molecule has 1 fully saturated rings. The first kappa shape index (κ1) is 16.6. The number of carbonyl (C=O) groups is 1. The van der Waals surface area contributed by atoms with Crippen LogP contribution in [0.1, 0.15) is 10.4 Å². The van der Waals surface area contributed by atoms with Crippen molar-refractivity contribution < 1.29 is 26.8 Å². The van der Waals surface area contributed by atoms with Gasteiger partial charge in [0.1, 0.15) is 17.0 Å². The molecule has 1 aromatic heterocycles. The van der Waals surface area contributed by atoms with Gasteiger partial charge in [0.25, 0.3) is 5.91 Å². The first-order valence-electron chi connectivity index (χ1n) is 7.19. The van der Waals surface area contributed by atoms with Gasteiger partial charge in [0.2, 0.25) is 10.0 Å². The summed E-state index contributed by atoms with van der Waals surface area (Å²) in [6.07, 6.45) is 2.60. The van der Waals surface area contributed by atoms with Crippen molar-refractivity contribution in [2.24, 2.45) is 0 Å². The smallest absolute Gasteiger partial charge is 0.258 e. The van der Waals surface area contributed by atoms with Gasteiger partial charge in [-0.2, -0.15) is 4.31 Å². The highest BCUT2D eigenvalue weighted by molar-refractivity contribution is 7.89. The summed E-state index contributed by atoms with van der Waals surface area (Å²) in [6.45, 7) is 0.844. The highest BCUT2D eigenvalue weighted by Crippen LogP contribution is 2.24. The van der Waals surface area contributed by atoms with Crippen molar-refractivity contribution in [3.8, 4) is 0 Å². The van der Waals surface area contributed by atoms with E-state index in [1.54, 1.807) is 0 Å². The van der Waals surface area contributed by atoms with E-state index < -0.39 is 26.6 Å². The van der Waals surface area contributed by atoms with E-state index >= 15 is 0 Å². The summed E-state index contributed by atoms with van der Waals surface area (Å²) < 4.78 is 50.3. The Morgan fingerprint density at radius 2 is 1.96 bits per heavy atom. The second-order valence-electron chi connectivity index (χ2n) is 5.13. The first-order valence-corrected chi connectivity index (χ1v) is 8.63. The monoisotopic (exact) mass is 354 g/mol. The number of benzene rings is 1. The second-order valence-corrected chi connectivity index (χ2v) is 7.03. The average Bonchev–Trinajstić information content (AvgIpc) is 3.12. The Kier molecular flexibility index (Phi) is 4.65. The maximum atomic E-state index is 14.1.